The van der Waals surface area contributed by atoms with Crippen LogP contribution in [0.4, 0.5) is 10.5 Å². The zero-order valence-corrected chi connectivity index (χ0v) is 18.0. The van der Waals surface area contributed by atoms with Crippen molar-refractivity contribution < 1.29 is 14.3 Å². The van der Waals surface area contributed by atoms with Crippen LogP contribution in [0.2, 0.25) is 0 Å². The van der Waals surface area contributed by atoms with Gasteiger partial charge < -0.3 is 20.3 Å². The Hall–Kier alpha value is -3.19. The first-order valence-electron chi connectivity index (χ1n) is 11.3. The fraction of sp³-hybridized carbons (Fsp3) is 0.400. The van der Waals surface area contributed by atoms with Crippen LogP contribution in [0, 0.1) is 0 Å². The van der Waals surface area contributed by atoms with Crippen molar-refractivity contribution in [1.82, 2.24) is 15.2 Å². The summed E-state index contributed by atoms with van der Waals surface area (Å²) >= 11 is 0. The monoisotopic (exact) mass is 432 g/mol. The highest BCUT2D eigenvalue weighted by Crippen LogP contribution is 2.29. The van der Waals surface area contributed by atoms with Gasteiger partial charge in [0.05, 0.1) is 0 Å². The van der Waals surface area contributed by atoms with E-state index >= 15 is 0 Å². The van der Waals surface area contributed by atoms with E-state index in [1.165, 1.54) is 5.57 Å². The van der Waals surface area contributed by atoms with Gasteiger partial charge in [0.15, 0.2) is 0 Å². The summed E-state index contributed by atoms with van der Waals surface area (Å²) in [5.41, 5.74) is 5.48. The van der Waals surface area contributed by atoms with Crippen molar-refractivity contribution in [1.29, 1.82) is 0 Å². The minimum atomic E-state index is -0.269. The van der Waals surface area contributed by atoms with E-state index in [-0.39, 0.29) is 24.1 Å². The third kappa shape index (κ3) is 4.53. The molecule has 2 aliphatic heterocycles. The zero-order chi connectivity index (χ0) is 21.9. The van der Waals surface area contributed by atoms with Crippen LogP contribution >= 0.6 is 0 Å². The van der Waals surface area contributed by atoms with Gasteiger partial charge in [-0.2, -0.15) is 0 Å². The van der Waals surface area contributed by atoms with Crippen LogP contribution in [0.3, 0.4) is 0 Å². The Morgan fingerprint density at radius 1 is 1.06 bits per heavy atom. The van der Waals surface area contributed by atoms with Gasteiger partial charge in [0.1, 0.15) is 6.10 Å². The molecule has 3 aliphatic rings. The zero-order valence-electron chi connectivity index (χ0n) is 18.0. The van der Waals surface area contributed by atoms with Crippen molar-refractivity contribution >= 4 is 23.2 Å². The molecule has 0 radical (unpaired) electrons. The van der Waals surface area contributed by atoms with Crippen LogP contribution in [0.5, 0.6) is 0 Å². The van der Waals surface area contributed by atoms with Gasteiger partial charge in [0, 0.05) is 43.8 Å². The molecule has 7 nitrogen and oxygen atoms in total. The molecule has 1 aromatic heterocycles. The van der Waals surface area contributed by atoms with Crippen molar-refractivity contribution in [3.8, 4) is 0 Å². The Bertz CT molecular complexity index is 1000. The number of rotatable bonds is 4. The number of carbonyl (C=O) groups is 2. The van der Waals surface area contributed by atoms with Gasteiger partial charge in [-0.25, -0.2) is 4.79 Å². The normalized spacial score (nSPS) is 22.2. The van der Waals surface area contributed by atoms with Gasteiger partial charge >= 0.3 is 6.03 Å². The molecule has 0 spiro atoms. The highest BCUT2D eigenvalue weighted by molar-refractivity contribution is 5.90. The number of pyridine rings is 1. The summed E-state index contributed by atoms with van der Waals surface area (Å²) in [7, 11) is 0. The number of fused-ring (bicyclic) bond motifs is 1. The molecule has 2 aromatic rings. The lowest BCUT2D eigenvalue weighted by Crippen LogP contribution is -2.41. The SMILES string of the molecule is O=C(NC1CC=C(c2ccc(NC(=O)N3Cc4ccncc4C3)cc2)CC1)[C@H]1CCCO1. The summed E-state index contributed by atoms with van der Waals surface area (Å²) in [6, 6.07) is 10.0. The van der Waals surface area contributed by atoms with Crippen molar-refractivity contribution in [2.24, 2.45) is 0 Å². The van der Waals surface area contributed by atoms with Crippen LogP contribution in [0.1, 0.15) is 48.8 Å². The number of aromatic nitrogens is 1. The average Bonchev–Trinajstić information content (AvgIpc) is 3.50. The number of amides is 3. The molecular weight excluding hydrogens is 404 g/mol. The molecular formula is C25H28N4O3. The van der Waals surface area contributed by atoms with Crippen molar-refractivity contribution in [2.45, 2.75) is 57.3 Å². The minimum absolute atomic E-state index is 0.0294. The van der Waals surface area contributed by atoms with E-state index in [9.17, 15) is 9.59 Å². The Kier molecular flexibility index (Phi) is 5.90. The smallest absolute Gasteiger partial charge is 0.322 e. The minimum Gasteiger partial charge on any atom is -0.368 e. The lowest BCUT2D eigenvalue weighted by atomic mass is 9.90. The van der Waals surface area contributed by atoms with Crippen LogP contribution in [0.15, 0.2) is 48.8 Å². The van der Waals surface area contributed by atoms with Crippen molar-refractivity contribution in [3.05, 3.63) is 65.5 Å². The fourth-order valence-electron chi connectivity index (χ4n) is 4.64. The molecule has 2 N–H and O–H groups in total. The highest BCUT2D eigenvalue weighted by atomic mass is 16.5. The predicted octanol–water partition coefficient (Wildman–Crippen LogP) is 3.86. The first-order chi connectivity index (χ1) is 15.7. The number of anilines is 1. The maximum Gasteiger partial charge on any atom is 0.322 e. The average molecular weight is 433 g/mol. The molecule has 5 rings (SSSR count). The molecule has 3 heterocycles. The second-order valence-electron chi connectivity index (χ2n) is 8.72. The Balaban J connectivity index is 1.13. The Labute approximate surface area is 187 Å². The maximum absolute atomic E-state index is 12.6. The molecule has 2 atom stereocenters. The third-order valence-electron chi connectivity index (χ3n) is 6.50. The number of nitrogens with zero attached hydrogens (tertiary/aromatic N) is 2. The van der Waals surface area contributed by atoms with Gasteiger partial charge in [-0.3, -0.25) is 9.78 Å². The standard InChI is InChI=1S/C25H28N4O3/c30-24(23-2-1-13-32-23)27-21-7-3-17(4-8-21)18-5-9-22(10-6-18)28-25(31)29-15-19-11-12-26-14-20(19)16-29/h3,5-6,9-12,14,21,23H,1-2,4,7-8,13,15-16H2,(H,27,30)(H,28,31)/t21?,23-/m1/s1. The summed E-state index contributed by atoms with van der Waals surface area (Å²) in [6.45, 7) is 1.89. The fourth-order valence-corrected chi connectivity index (χ4v) is 4.64. The summed E-state index contributed by atoms with van der Waals surface area (Å²) in [4.78, 5) is 30.8. The molecule has 1 aromatic carbocycles. The van der Waals surface area contributed by atoms with Gasteiger partial charge in [0.2, 0.25) is 5.91 Å². The summed E-state index contributed by atoms with van der Waals surface area (Å²) < 4.78 is 5.47. The maximum atomic E-state index is 12.6. The van der Waals surface area contributed by atoms with Gasteiger partial charge in [-0.1, -0.05) is 18.2 Å². The molecule has 1 unspecified atom stereocenters. The summed E-state index contributed by atoms with van der Waals surface area (Å²) in [5.74, 6) is 0.0294. The summed E-state index contributed by atoms with van der Waals surface area (Å²) in [5, 5.41) is 6.12. The molecule has 0 bridgehead atoms. The molecule has 1 fully saturated rings. The van der Waals surface area contributed by atoms with Crippen LogP contribution in [0.25, 0.3) is 5.57 Å². The summed E-state index contributed by atoms with van der Waals surface area (Å²) in [6.07, 6.45) is 10.00. The third-order valence-corrected chi connectivity index (χ3v) is 6.50. The first-order valence-corrected chi connectivity index (χ1v) is 11.3. The lowest BCUT2D eigenvalue weighted by molar-refractivity contribution is -0.130. The van der Waals surface area contributed by atoms with Crippen molar-refractivity contribution in [3.63, 3.8) is 0 Å². The molecule has 1 saturated heterocycles. The van der Waals surface area contributed by atoms with Crippen LogP contribution < -0.4 is 10.6 Å². The van der Waals surface area contributed by atoms with Crippen LogP contribution in [-0.4, -0.2) is 40.6 Å². The van der Waals surface area contributed by atoms with Crippen molar-refractivity contribution in [2.75, 3.05) is 11.9 Å². The Morgan fingerprint density at radius 3 is 2.62 bits per heavy atom. The molecule has 3 amide bonds. The molecule has 166 valence electrons. The predicted molar refractivity (Wildman–Crippen MR) is 122 cm³/mol. The van der Waals surface area contributed by atoms with Gasteiger partial charge in [-0.05, 0) is 72.6 Å². The number of carbonyl (C=O) groups excluding carboxylic acids is 2. The van der Waals surface area contributed by atoms with Gasteiger partial charge in [0.25, 0.3) is 0 Å². The topological polar surface area (TPSA) is 83.6 Å². The number of nitrogens with one attached hydrogen (secondary N) is 2. The number of hydrogen-bond acceptors (Lipinski definition) is 4. The molecule has 7 heteroatoms. The highest BCUT2D eigenvalue weighted by Gasteiger charge is 2.26. The lowest BCUT2D eigenvalue weighted by Gasteiger charge is -2.24. The number of ether oxygens (including phenoxy) is 1. The molecule has 0 saturated carbocycles. The van der Waals surface area contributed by atoms with E-state index in [0.717, 1.165) is 54.5 Å². The van der Waals surface area contributed by atoms with E-state index in [4.69, 9.17) is 4.74 Å². The number of allylic oxidation sites excluding steroid dienone is 1. The number of urea groups is 1. The first kappa shape index (κ1) is 20.7. The largest absolute Gasteiger partial charge is 0.368 e. The van der Waals surface area contributed by atoms with E-state index in [1.807, 2.05) is 24.4 Å². The van der Waals surface area contributed by atoms with E-state index in [0.29, 0.717) is 19.7 Å². The van der Waals surface area contributed by atoms with E-state index in [2.05, 4.69) is 33.8 Å². The van der Waals surface area contributed by atoms with Crippen LogP contribution in [-0.2, 0) is 22.6 Å². The number of hydrogen-bond donors (Lipinski definition) is 2. The molecule has 1 aliphatic carbocycles. The second-order valence-corrected chi connectivity index (χ2v) is 8.72. The Morgan fingerprint density at radius 2 is 1.91 bits per heavy atom. The number of benzene rings is 1. The van der Waals surface area contributed by atoms with E-state index < -0.39 is 0 Å². The van der Waals surface area contributed by atoms with Gasteiger partial charge in [-0.15, -0.1) is 0 Å². The van der Waals surface area contributed by atoms with E-state index in [1.54, 1.807) is 11.1 Å². The second kappa shape index (κ2) is 9.12. The molecule has 32 heavy (non-hydrogen) atoms. The quantitative estimate of drug-likeness (QED) is 0.769.